The van der Waals surface area contributed by atoms with Crippen molar-refractivity contribution in [2.45, 2.75) is 5.41 Å². The predicted molar refractivity (Wildman–Crippen MR) is 231 cm³/mol. The summed E-state index contributed by atoms with van der Waals surface area (Å²) in [7, 11) is 0. The number of fused-ring (bicyclic) bond motifs is 9. The minimum atomic E-state index is -0.694. The largest absolute Gasteiger partial charge is 0.457 e. The third-order valence-electron chi connectivity index (χ3n) is 11.6. The Balaban J connectivity index is 1.13. The quantitative estimate of drug-likeness (QED) is 0.176. The molecule has 0 saturated heterocycles. The topological polar surface area (TPSA) is 58.8 Å². The highest BCUT2D eigenvalue weighted by molar-refractivity contribution is 5.90. The Hall–Kier alpha value is -7.87. The number of nitriles is 1. The van der Waals surface area contributed by atoms with E-state index in [1.165, 1.54) is 27.8 Å². The van der Waals surface area contributed by atoms with Gasteiger partial charge in [-0.05, 0) is 93.0 Å². The Labute approximate surface area is 337 Å². The summed E-state index contributed by atoms with van der Waals surface area (Å²) < 4.78 is 6.87. The summed E-state index contributed by atoms with van der Waals surface area (Å²) in [6, 6.07) is 71.9. The Bertz CT molecular complexity index is 3050. The van der Waals surface area contributed by atoms with Gasteiger partial charge in [-0.25, -0.2) is 9.97 Å². The fourth-order valence-corrected chi connectivity index (χ4v) is 8.93. The highest BCUT2D eigenvalue weighted by atomic mass is 16.5. The molecule has 1 aliphatic heterocycles. The molecular weight excluding hydrogens is 707 g/mol. The van der Waals surface area contributed by atoms with Crippen LogP contribution in [0.1, 0.15) is 27.8 Å². The average Bonchev–Trinajstić information content (AvgIpc) is 3.60. The molecule has 9 aromatic rings. The van der Waals surface area contributed by atoms with E-state index in [-0.39, 0.29) is 0 Å². The van der Waals surface area contributed by atoms with Gasteiger partial charge in [-0.1, -0.05) is 152 Å². The lowest BCUT2D eigenvalue weighted by atomic mass is 9.65. The molecule has 1 aromatic heterocycles. The number of rotatable bonds is 5. The van der Waals surface area contributed by atoms with Gasteiger partial charge >= 0.3 is 0 Å². The third kappa shape index (κ3) is 5.29. The molecular formula is C54H33N3O. The molecule has 8 aromatic carbocycles. The molecule has 11 rings (SSSR count). The van der Waals surface area contributed by atoms with Crippen LogP contribution in [0.2, 0.25) is 0 Å². The number of nitrogens with zero attached hydrogens (tertiary/aromatic N) is 3. The molecule has 4 nitrogen and oxygen atoms in total. The lowest BCUT2D eigenvalue weighted by Crippen LogP contribution is -2.32. The highest BCUT2D eigenvalue weighted by Crippen LogP contribution is 2.62. The number of benzene rings is 8. The van der Waals surface area contributed by atoms with Crippen molar-refractivity contribution in [3.8, 4) is 84.9 Å². The van der Waals surface area contributed by atoms with Gasteiger partial charge in [0.05, 0.1) is 28.4 Å². The van der Waals surface area contributed by atoms with E-state index in [2.05, 4.69) is 164 Å². The van der Waals surface area contributed by atoms with Crippen LogP contribution >= 0.6 is 0 Å². The maximum atomic E-state index is 9.75. The highest BCUT2D eigenvalue weighted by Gasteiger charge is 2.51. The smallest absolute Gasteiger partial charge is 0.160 e. The van der Waals surface area contributed by atoms with Crippen molar-refractivity contribution in [1.29, 1.82) is 5.26 Å². The molecule has 2 heterocycles. The summed E-state index contributed by atoms with van der Waals surface area (Å²) in [5.41, 5.74) is 15.8. The van der Waals surface area contributed by atoms with Crippen LogP contribution in [0.25, 0.3) is 67.3 Å². The van der Waals surface area contributed by atoms with E-state index in [1.54, 1.807) is 0 Å². The van der Waals surface area contributed by atoms with Gasteiger partial charge in [0, 0.05) is 27.8 Å². The van der Waals surface area contributed by atoms with Crippen LogP contribution in [-0.4, -0.2) is 9.97 Å². The van der Waals surface area contributed by atoms with Crippen molar-refractivity contribution in [1.82, 2.24) is 9.97 Å². The molecule has 1 aliphatic carbocycles. The molecule has 0 unspecified atom stereocenters. The first-order valence-corrected chi connectivity index (χ1v) is 19.4. The second-order valence-electron chi connectivity index (χ2n) is 14.8. The van der Waals surface area contributed by atoms with Gasteiger partial charge in [0.25, 0.3) is 0 Å². The van der Waals surface area contributed by atoms with E-state index in [4.69, 9.17) is 14.7 Å². The van der Waals surface area contributed by atoms with Gasteiger partial charge in [-0.3, -0.25) is 0 Å². The van der Waals surface area contributed by atoms with E-state index in [0.29, 0.717) is 11.4 Å². The Morgan fingerprint density at radius 2 is 0.862 bits per heavy atom. The van der Waals surface area contributed by atoms with Crippen molar-refractivity contribution in [2.24, 2.45) is 0 Å². The number of ether oxygens (including phenoxy) is 1. The number of aromatic nitrogens is 2. The normalized spacial score (nSPS) is 12.7. The predicted octanol–water partition coefficient (Wildman–Crippen LogP) is 13.2. The monoisotopic (exact) mass is 739 g/mol. The number of hydrogen-bond donors (Lipinski definition) is 0. The Morgan fingerprint density at radius 1 is 0.379 bits per heavy atom. The molecule has 0 fully saturated rings. The van der Waals surface area contributed by atoms with Gasteiger partial charge in [0.1, 0.15) is 11.5 Å². The van der Waals surface area contributed by atoms with Crippen LogP contribution < -0.4 is 4.74 Å². The van der Waals surface area contributed by atoms with E-state index >= 15 is 0 Å². The second-order valence-corrected chi connectivity index (χ2v) is 14.8. The summed E-state index contributed by atoms with van der Waals surface area (Å²) in [6.07, 6.45) is 0. The zero-order valence-corrected chi connectivity index (χ0v) is 31.3. The van der Waals surface area contributed by atoms with Crippen LogP contribution in [0.4, 0.5) is 0 Å². The van der Waals surface area contributed by atoms with Crippen LogP contribution in [0.3, 0.4) is 0 Å². The molecule has 58 heavy (non-hydrogen) atoms. The fraction of sp³-hybridized carbons (Fsp3) is 0.0185. The van der Waals surface area contributed by atoms with Crippen LogP contribution in [0.5, 0.6) is 11.5 Å². The van der Waals surface area contributed by atoms with Crippen LogP contribution in [-0.2, 0) is 5.41 Å². The summed E-state index contributed by atoms with van der Waals surface area (Å²) >= 11 is 0. The maximum Gasteiger partial charge on any atom is 0.160 e. The van der Waals surface area contributed by atoms with Gasteiger partial charge in [-0.15, -0.1) is 0 Å². The second kappa shape index (κ2) is 13.4. The van der Waals surface area contributed by atoms with E-state index in [9.17, 15) is 5.26 Å². The molecule has 270 valence electrons. The zero-order chi connectivity index (χ0) is 38.6. The zero-order valence-electron chi connectivity index (χ0n) is 31.3. The first-order valence-electron chi connectivity index (χ1n) is 19.4. The summed E-state index contributed by atoms with van der Waals surface area (Å²) in [5, 5.41) is 9.75. The molecule has 4 heteroatoms. The average molecular weight is 740 g/mol. The van der Waals surface area contributed by atoms with Crippen molar-refractivity contribution in [2.75, 3.05) is 0 Å². The van der Waals surface area contributed by atoms with E-state index in [1.807, 2.05) is 42.5 Å². The van der Waals surface area contributed by atoms with E-state index in [0.717, 1.165) is 67.4 Å². The fourth-order valence-electron chi connectivity index (χ4n) is 8.93. The van der Waals surface area contributed by atoms with Gasteiger partial charge in [-0.2, -0.15) is 5.26 Å². The molecule has 0 saturated carbocycles. The van der Waals surface area contributed by atoms with Crippen molar-refractivity contribution >= 4 is 0 Å². The van der Waals surface area contributed by atoms with Gasteiger partial charge in [0.15, 0.2) is 5.82 Å². The summed E-state index contributed by atoms with van der Waals surface area (Å²) in [4.78, 5) is 10.4. The standard InChI is InChI=1S/C54H33N3O/c55-34-35-12-11-17-40(30-35)41-26-28-51-47(31-41)54(45-20-9-7-18-43(45)44-19-8-10-21-46(44)54)48-32-42(27-29-52(48)58-51)50-33-49(56-53(57-50)39-15-5-2-6-16-39)38-24-22-37(23-25-38)36-13-3-1-4-14-36/h1-33H. The maximum absolute atomic E-state index is 9.75. The third-order valence-corrected chi connectivity index (χ3v) is 11.6. The van der Waals surface area contributed by atoms with Gasteiger partial charge < -0.3 is 4.74 Å². The van der Waals surface area contributed by atoms with Crippen molar-refractivity contribution in [3.63, 3.8) is 0 Å². The molecule has 0 bridgehead atoms. The van der Waals surface area contributed by atoms with Crippen molar-refractivity contribution in [3.05, 3.63) is 228 Å². The Morgan fingerprint density at radius 3 is 1.52 bits per heavy atom. The molecule has 1 spiro atoms. The van der Waals surface area contributed by atoms with Crippen LogP contribution in [0.15, 0.2) is 200 Å². The molecule has 0 radical (unpaired) electrons. The molecule has 0 N–H and O–H groups in total. The van der Waals surface area contributed by atoms with Gasteiger partial charge in [0.2, 0.25) is 0 Å². The van der Waals surface area contributed by atoms with Crippen molar-refractivity contribution < 1.29 is 4.74 Å². The summed E-state index contributed by atoms with van der Waals surface area (Å²) in [6.45, 7) is 0. The number of hydrogen-bond acceptors (Lipinski definition) is 4. The molecule has 2 aliphatic rings. The molecule has 0 atom stereocenters. The minimum Gasteiger partial charge on any atom is -0.457 e. The summed E-state index contributed by atoms with van der Waals surface area (Å²) in [5.74, 6) is 2.27. The molecule has 0 amide bonds. The minimum absolute atomic E-state index is 0.624. The first kappa shape index (κ1) is 33.5. The lowest BCUT2D eigenvalue weighted by molar-refractivity contribution is 0.436. The van der Waals surface area contributed by atoms with Crippen LogP contribution in [0, 0.1) is 11.3 Å². The Kier molecular flexibility index (Phi) is 7.74. The lowest BCUT2D eigenvalue weighted by Gasteiger charge is -2.40. The SMILES string of the molecule is N#Cc1cccc(-c2ccc3c(c2)C2(c4cc(-c5cc(-c6ccc(-c7ccccc7)cc6)nc(-c6ccccc6)n5)ccc4O3)c3ccccc3-c3ccccc32)c1. The first-order chi connectivity index (χ1) is 28.7. The van der Waals surface area contributed by atoms with E-state index < -0.39 is 5.41 Å².